The highest BCUT2D eigenvalue weighted by Gasteiger charge is 2.23. The number of para-hydroxylation sites is 1. The van der Waals surface area contributed by atoms with E-state index >= 15 is 0 Å². The number of nitrogens with zero attached hydrogens (tertiary/aromatic N) is 3. The maximum Gasteiger partial charge on any atom is 0.336 e. The Bertz CT molecular complexity index is 610. The molecule has 0 aliphatic carbocycles. The molecule has 2 rings (SSSR count). The Labute approximate surface area is 118 Å². The van der Waals surface area contributed by atoms with E-state index in [2.05, 4.69) is 21.0 Å². The number of hydrogen-bond acceptors (Lipinski definition) is 4. The van der Waals surface area contributed by atoms with Gasteiger partial charge < -0.3 is 4.74 Å². The van der Waals surface area contributed by atoms with Crippen LogP contribution in [0.2, 0.25) is 0 Å². The third kappa shape index (κ3) is 2.93. The predicted molar refractivity (Wildman–Crippen MR) is 73.7 cm³/mol. The van der Waals surface area contributed by atoms with Crippen LogP contribution >= 0.6 is 15.9 Å². The quantitative estimate of drug-likeness (QED) is 0.638. The van der Waals surface area contributed by atoms with Crippen LogP contribution in [0, 0.1) is 10.1 Å². The summed E-state index contributed by atoms with van der Waals surface area (Å²) in [5.74, 6) is 0.240. The van der Waals surface area contributed by atoms with Gasteiger partial charge in [-0.15, -0.1) is 0 Å². The molecule has 0 atom stereocenters. The second-order valence-corrected chi connectivity index (χ2v) is 5.07. The largest absolute Gasteiger partial charge is 0.484 e. The van der Waals surface area contributed by atoms with Gasteiger partial charge in [0.1, 0.15) is 5.69 Å². The summed E-state index contributed by atoms with van der Waals surface area (Å²) in [7, 11) is 0. The van der Waals surface area contributed by atoms with Gasteiger partial charge in [-0.05, 0) is 41.9 Å². The molecule has 0 spiro atoms. The van der Waals surface area contributed by atoms with Crippen LogP contribution in [0.1, 0.15) is 13.8 Å². The van der Waals surface area contributed by atoms with E-state index in [0.717, 1.165) is 4.47 Å². The molecule has 1 heterocycles. The average Bonchev–Trinajstić information content (AvgIpc) is 2.74. The molecule has 2 aromatic rings. The molecule has 0 radical (unpaired) electrons. The Kier molecular flexibility index (Phi) is 3.84. The number of hydrogen-bond donors (Lipinski definition) is 0. The van der Waals surface area contributed by atoms with E-state index in [-0.39, 0.29) is 17.5 Å². The lowest BCUT2D eigenvalue weighted by Gasteiger charge is -2.11. The van der Waals surface area contributed by atoms with Crippen molar-refractivity contribution in [3.8, 4) is 11.4 Å². The van der Waals surface area contributed by atoms with Crippen LogP contribution in [0.4, 0.5) is 5.69 Å². The van der Waals surface area contributed by atoms with E-state index in [1.165, 1.54) is 4.68 Å². The van der Waals surface area contributed by atoms with E-state index in [1.807, 2.05) is 13.8 Å². The van der Waals surface area contributed by atoms with Crippen molar-refractivity contribution in [2.45, 2.75) is 20.0 Å². The first-order chi connectivity index (χ1) is 8.99. The van der Waals surface area contributed by atoms with Gasteiger partial charge in [0.05, 0.1) is 21.7 Å². The lowest BCUT2D eigenvalue weighted by molar-refractivity contribution is -0.385. The van der Waals surface area contributed by atoms with Crippen molar-refractivity contribution in [1.82, 2.24) is 9.78 Å². The Morgan fingerprint density at radius 2 is 2.21 bits per heavy atom. The first-order valence-electron chi connectivity index (χ1n) is 5.63. The molecule has 0 unspecified atom stereocenters. The zero-order valence-electron chi connectivity index (χ0n) is 10.4. The van der Waals surface area contributed by atoms with Crippen LogP contribution < -0.4 is 4.74 Å². The molecule has 7 heteroatoms. The molecule has 6 nitrogen and oxygen atoms in total. The molecule has 0 aliphatic rings. The summed E-state index contributed by atoms with van der Waals surface area (Å²) < 4.78 is 7.67. The molecule has 0 amide bonds. The molecule has 19 heavy (non-hydrogen) atoms. The van der Waals surface area contributed by atoms with Gasteiger partial charge in [-0.3, -0.25) is 10.1 Å². The number of aromatic nitrogens is 2. The van der Waals surface area contributed by atoms with Gasteiger partial charge in [-0.2, -0.15) is 5.10 Å². The van der Waals surface area contributed by atoms with Crippen LogP contribution in [0.15, 0.2) is 35.1 Å². The van der Waals surface area contributed by atoms with Crippen LogP contribution in [0.25, 0.3) is 5.69 Å². The Balaban J connectivity index is 2.57. The first kappa shape index (κ1) is 13.5. The minimum Gasteiger partial charge on any atom is -0.484 e. The fraction of sp³-hybridized carbons (Fsp3) is 0.250. The van der Waals surface area contributed by atoms with Crippen molar-refractivity contribution >= 4 is 21.6 Å². The summed E-state index contributed by atoms with van der Waals surface area (Å²) in [5.41, 5.74) is 0.278. The molecule has 0 N–H and O–H groups in total. The minimum atomic E-state index is -0.456. The van der Waals surface area contributed by atoms with E-state index in [4.69, 9.17) is 4.74 Å². The summed E-state index contributed by atoms with van der Waals surface area (Å²) in [4.78, 5) is 10.8. The second kappa shape index (κ2) is 5.40. The summed E-state index contributed by atoms with van der Waals surface area (Å²) in [5, 5.41) is 15.3. The van der Waals surface area contributed by atoms with E-state index in [9.17, 15) is 10.1 Å². The van der Waals surface area contributed by atoms with Gasteiger partial charge in [0.25, 0.3) is 0 Å². The van der Waals surface area contributed by atoms with Gasteiger partial charge in [-0.1, -0.05) is 6.07 Å². The van der Waals surface area contributed by atoms with Gasteiger partial charge in [0.2, 0.25) is 0 Å². The fourth-order valence-corrected chi connectivity index (χ4v) is 1.95. The van der Waals surface area contributed by atoms with Crippen molar-refractivity contribution in [3.63, 3.8) is 0 Å². The number of nitro benzene ring substituents is 1. The molecular weight excluding hydrogens is 314 g/mol. The Morgan fingerprint density at radius 1 is 1.47 bits per heavy atom. The smallest absolute Gasteiger partial charge is 0.336 e. The van der Waals surface area contributed by atoms with Crippen molar-refractivity contribution in [2.75, 3.05) is 0 Å². The topological polar surface area (TPSA) is 70.2 Å². The molecule has 0 fully saturated rings. The van der Waals surface area contributed by atoms with E-state index in [0.29, 0.717) is 5.69 Å². The molecule has 0 saturated heterocycles. The molecule has 0 saturated carbocycles. The second-order valence-electron chi connectivity index (χ2n) is 4.15. The number of ether oxygens (including phenoxy) is 1. The van der Waals surface area contributed by atoms with Crippen molar-refractivity contribution in [1.29, 1.82) is 0 Å². The lowest BCUT2D eigenvalue weighted by atomic mass is 10.2. The molecule has 1 aromatic heterocycles. The average molecular weight is 326 g/mol. The summed E-state index contributed by atoms with van der Waals surface area (Å²) >= 11 is 3.27. The van der Waals surface area contributed by atoms with Crippen molar-refractivity contribution in [3.05, 3.63) is 45.2 Å². The zero-order chi connectivity index (χ0) is 14.0. The summed E-state index contributed by atoms with van der Waals surface area (Å²) in [6.45, 7) is 3.64. The monoisotopic (exact) mass is 325 g/mol. The van der Waals surface area contributed by atoms with E-state index < -0.39 is 4.92 Å². The Morgan fingerprint density at radius 3 is 2.74 bits per heavy atom. The summed E-state index contributed by atoms with van der Waals surface area (Å²) in [6, 6.07) is 4.92. The highest BCUT2D eigenvalue weighted by Crippen LogP contribution is 2.34. The van der Waals surface area contributed by atoms with Gasteiger partial charge in [0.15, 0.2) is 5.75 Å². The maximum absolute atomic E-state index is 11.3. The molecule has 0 aliphatic heterocycles. The third-order valence-electron chi connectivity index (χ3n) is 2.32. The van der Waals surface area contributed by atoms with Crippen LogP contribution in [-0.2, 0) is 0 Å². The lowest BCUT2D eigenvalue weighted by Crippen LogP contribution is -2.09. The van der Waals surface area contributed by atoms with Crippen LogP contribution in [0.3, 0.4) is 0 Å². The SMILES string of the molecule is CC(C)Oc1cccc(-n2cc(Br)cn2)c1[N+](=O)[O-]. The zero-order valence-corrected chi connectivity index (χ0v) is 12.0. The number of nitro groups is 1. The standard InChI is InChI=1S/C12H12BrN3O3/c1-8(2)19-11-5-3-4-10(12(11)16(17)18)15-7-9(13)6-14-15/h3-8H,1-2H3. The molecule has 1 aromatic carbocycles. The Hall–Kier alpha value is -1.89. The number of halogens is 1. The number of rotatable bonds is 4. The summed E-state index contributed by atoms with van der Waals surface area (Å²) in [6.07, 6.45) is 3.08. The van der Waals surface area contributed by atoms with Gasteiger partial charge in [0, 0.05) is 6.20 Å². The maximum atomic E-state index is 11.3. The minimum absolute atomic E-state index is 0.0909. The molecule has 100 valence electrons. The highest BCUT2D eigenvalue weighted by molar-refractivity contribution is 9.10. The van der Waals surface area contributed by atoms with Crippen molar-refractivity contribution in [2.24, 2.45) is 0 Å². The van der Waals surface area contributed by atoms with Gasteiger partial charge in [-0.25, -0.2) is 4.68 Å². The molecule has 0 bridgehead atoms. The van der Waals surface area contributed by atoms with Gasteiger partial charge >= 0.3 is 5.69 Å². The van der Waals surface area contributed by atoms with Crippen LogP contribution in [-0.4, -0.2) is 20.8 Å². The molecular formula is C12H12BrN3O3. The van der Waals surface area contributed by atoms with Crippen LogP contribution in [0.5, 0.6) is 5.75 Å². The predicted octanol–water partition coefficient (Wildman–Crippen LogP) is 3.33. The van der Waals surface area contributed by atoms with Crippen molar-refractivity contribution < 1.29 is 9.66 Å². The third-order valence-corrected chi connectivity index (χ3v) is 2.73. The first-order valence-corrected chi connectivity index (χ1v) is 6.43. The highest BCUT2D eigenvalue weighted by atomic mass is 79.9. The van der Waals surface area contributed by atoms with E-state index in [1.54, 1.807) is 30.6 Å². The number of benzene rings is 1. The normalized spacial score (nSPS) is 10.7. The fourth-order valence-electron chi connectivity index (χ4n) is 1.66.